The fourth-order valence-corrected chi connectivity index (χ4v) is 4.01. The Bertz CT molecular complexity index is 1330. The number of nitrogens with zero attached hydrogens (tertiary/aromatic N) is 4. The Morgan fingerprint density at radius 2 is 2.19 bits per heavy atom. The van der Waals surface area contributed by atoms with E-state index in [-0.39, 0.29) is 23.2 Å². The minimum absolute atomic E-state index is 0.0209. The van der Waals surface area contributed by atoms with Gasteiger partial charge in [0.1, 0.15) is 10.8 Å². The van der Waals surface area contributed by atoms with Crippen molar-refractivity contribution in [2.75, 3.05) is 18.5 Å². The van der Waals surface area contributed by atoms with Crippen LogP contribution in [0.25, 0.3) is 11.3 Å². The number of hydrogen-bond acceptors (Lipinski definition) is 7. The fraction of sp³-hybridized carbons (Fsp3) is 0.0952. The molecule has 0 saturated heterocycles. The molecule has 0 radical (unpaired) electrons. The van der Waals surface area contributed by atoms with Gasteiger partial charge in [-0.3, -0.25) is 19.9 Å². The van der Waals surface area contributed by atoms with Crippen LogP contribution in [0.1, 0.15) is 5.56 Å². The highest BCUT2D eigenvalue weighted by Gasteiger charge is 2.18. The van der Waals surface area contributed by atoms with Gasteiger partial charge in [0.15, 0.2) is 6.61 Å². The second kappa shape index (κ2) is 9.16. The van der Waals surface area contributed by atoms with Crippen molar-refractivity contribution < 1.29 is 14.5 Å². The molecule has 0 bridgehead atoms. The molecule has 1 aromatic heterocycles. The van der Waals surface area contributed by atoms with Crippen molar-refractivity contribution >= 4 is 46.4 Å². The van der Waals surface area contributed by atoms with Gasteiger partial charge in [0.05, 0.1) is 29.1 Å². The second-order valence-electron chi connectivity index (χ2n) is 6.61. The zero-order valence-electron chi connectivity index (χ0n) is 16.5. The zero-order chi connectivity index (χ0) is 22.7. The molecule has 4 rings (SSSR count). The van der Waals surface area contributed by atoms with Crippen molar-refractivity contribution in [2.45, 2.75) is 0 Å². The van der Waals surface area contributed by atoms with E-state index in [4.69, 9.17) is 16.3 Å². The SMILES string of the molecule is C=CCN=c1scc(-c2ccc3c(c2)NC(=O)CO3)n1N=Cc1ccc(Cl)c([N+](=O)[O-])c1. The van der Waals surface area contributed by atoms with Crippen LogP contribution in [0.2, 0.25) is 5.02 Å². The molecule has 0 unspecified atom stereocenters. The Morgan fingerprint density at radius 3 is 2.97 bits per heavy atom. The van der Waals surface area contributed by atoms with Crippen LogP contribution in [-0.2, 0) is 4.79 Å². The number of carbonyl (C=O) groups excluding carboxylic acids is 1. The summed E-state index contributed by atoms with van der Waals surface area (Å²) in [5, 5.41) is 20.4. The van der Waals surface area contributed by atoms with Crippen LogP contribution < -0.4 is 14.9 Å². The Labute approximate surface area is 191 Å². The first kappa shape index (κ1) is 21.5. The van der Waals surface area contributed by atoms with Crippen LogP contribution in [-0.4, -0.2) is 34.9 Å². The van der Waals surface area contributed by atoms with Gasteiger partial charge in [0, 0.05) is 22.6 Å². The number of thiazole rings is 1. The molecule has 0 atom stereocenters. The summed E-state index contributed by atoms with van der Waals surface area (Å²) in [6.45, 7) is 4.06. The molecule has 0 saturated carbocycles. The van der Waals surface area contributed by atoms with Crippen LogP contribution in [0.3, 0.4) is 0 Å². The highest BCUT2D eigenvalue weighted by atomic mass is 35.5. The average Bonchev–Trinajstić information content (AvgIpc) is 3.19. The van der Waals surface area contributed by atoms with Gasteiger partial charge in [0.25, 0.3) is 11.6 Å². The number of nitro benzene ring substituents is 1. The molecule has 1 amide bonds. The van der Waals surface area contributed by atoms with E-state index in [2.05, 4.69) is 22.0 Å². The molecular weight excluding hydrogens is 454 g/mol. The van der Waals surface area contributed by atoms with Crippen molar-refractivity contribution in [1.82, 2.24) is 4.68 Å². The minimum Gasteiger partial charge on any atom is -0.482 e. The van der Waals surface area contributed by atoms with Gasteiger partial charge in [-0.15, -0.1) is 17.9 Å². The Kier molecular flexibility index (Phi) is 6.15. The number of rotatable bonds is 6. The smallest absolute Gasteiger partial charge is 0.288 e. The molecule has 9 nitrogen and oxygen atoms in total. The quantitative estimate of drug-likeness (QED) is 0.254. The number of benzene rings is 2. The maximum Gasteiger partial charge on any atom is 0.288 e. The van der Waals surface area contributed by atoms with Gasteiger partial charge in [-0.25, -0.2) is 4.68 Å². The number of halogens is 1. The molecule has 2 heterocycles. The lowest BCUT2D eigenvalue weighted by Gasteiger charge is -2.18. The number of hydrogen-bond donors (Lipinski definition) is 1. The molecule has 0 fully saturated rings. The third-order valence-electron chi connectivity index (χ3n) is 4.44. The molecule has 1 N–H and O–H groups in total. The minimum atomic E-state index is -0.544. The molecule has 0 spiro atoms. The summed E-state index contributed by atoms with van der Waals surface area (Å²) in [5.41, 5.74) is 2.38. The highest BCUT2D eigenvalue weighted by Crippen LogP contribution is 2.33. The fourth-order valence-electron chi connectivity index (χ4n) is 2.98. The number of carbonyl (C=O) groups is 1. The van der Waals surface area contributed by atoms with Crippen LogP contribution in [0.5, 0.6) is 5.75 Å². The van der Waals surface area contributed by atoms with Gasteiger partial charge >= 0.3 is 0 Å². The van der Waals surface area contributed by atoms with E-state index in [9.17, 15) is 14.9 Å². The number of aromatic nitrogens is 1. The van der Waals surface area contributed by atoms with Gasteiger partial charge in [0.2, 0.25) is 4.80 Å². The second-order valence-corrected chi connectivity index (χ2v) is 7.85. The summed E-state index contributed by atoms with van der Waals surface area (Å²) in [4.78, 5) is 27.4. The van der Waals surface area contributed by atoms with Crippen molar-refractivity contribution in [3.8, 4) is 17.0 Å². The van der Waals surface area contributed by atoms with E-state index in [1.807, 2.05) is 11.4 Å². The summed E-state index contributed by atoms with van der Waals surface area (Å²) >= 11 is 7.27. The Hall–Kier alpha value is -3.76. The molecule has 11 heteroatoms. The molecule has 2 aromatic carbocycles. The van der Waals surface area contributed by atoms with Crippen LogP contribution in [0, 0.1) is 10.1 Å². The zero-order valence-corrected chi connectivity index (χ0v) is 18.1. The van der Waals surface area contributed by atoms with E-state index < -0.39 is 4.92 Å². The number of ether oxygens (including phenoxy) is 1. The van der Waals surface area contributed by atoms with Crippen molar-refractivity contribution in [1.29, 1.82) is 0 Å². The van der Waals surface area contributed by atoms with Gasteiger partial charge in [-0.2, -0.15) is 5.10 Å². The van der Waals surface area contributed by atoms with Crippen LogP contribution in [0.15, 0.2) is 64.5 Å². The molecular formula is C21H16ClN5O4S. The topological polar surface area (TPSA) is 111 Å². The summed E-state index contributed by atoms with van der Waals surface area (Å²) in [6.07, 6.45) is 3.16. The third kappa shape index (κ3) is 4.46. The lowest BCUT2D eigenvalue weighted by molar-refractivity contribution is -0.384. The first-order chi connectivity index (χ1) is 15.5. The highest BCUT2D eigenvalue weighted by molar-refractivity contribution is 7.07. The number of amides is 1. The normalized spacial score (nSPS) is 13.5. The Morgan fingerprint density at radius 1 is 1.34 bits per heavy atom. The molecule has 3 aromatic rings. The average molecular weight is 470 g/mol. The van der Waals surface area contributed by atoms with Gasteiger partial charge in [-0.05, 0) is 24.3 Å². The largest absolute Gasteiger partial charge is 0.482 e. The number of anilines is 1. The number of nitro groups is 1. The summed E-state index contributed by atoms with van der Waals surface area (Å²) in [7, 11) is 0. The predicted molar refractivity (Wildman–Crippen MR) is 124 cm³/mol. The van der Waals surface area contributed by atoms with Crippen molar-refractivity contribution in [3.63, 3.8) is 0 Å². The predicted octanol–water partition coefficient (Wildman–Crippen LogP) is 4.08. The van der Waals surface area contributed by atoms with E-state index in [0.717, 1.165) is 11.3 Å². The summed E-state index contributed by atoms with van der Waals surface area (Å²) in [6, 6.07) is 9.87. The Balaban J connectivity index is 1.77. The number of nitrogens with one attached hydrogen (secondary N) is 1. The van der Waals surface area contributed by atoms with Crippen LogP contribution in [0.4, 0.5) is 11.4 Å². The first-order valence-corrected chi connectivity index (χ1v) is 10.6. The maximum atomic E-state index is 11.7. The molecule has 162 valence electrons. The molecule has 1 aliphatic rings. The van der Waals surface area contributed by atoms with E-state index in [1.54, 1.807) is 29.0 Å². The summed E-state index contributed by atoms with van der Waals surface area (Å²) in [5.74, 6) is 0.362. The van der Waals surface area contributed by atoms with E-state index in [1.165, 1.54) is 29.7 Å². The van der Waals surface area contributed by atoms with E-state index in [0.29, 0.717) is 28.3 Å². The lowest BCUT2D eigenvalue weighted by atomic mass is 10.1. The monoisotopic (exact) mass is 469 g/mol. The lowest BCUT2D eigenvalue weighted by Crippen LogP contribution is -2.25. The van der Waals surface area contributed by atoms with E-state index >= 15 is 0 Å². The standard InChI is InChI=1S/C21H16ClN5O4S/c1-2-7-23-21-26(24-10-13-3-5-15(22)17(8-13)27(29)30)18(12-32-21)14-4-6-19-16(9-14)25-20(28)11-31-19/h2-6,8-10,12H,1,7,11H2,(H,25,28). The molecule has 0 aliphatic carbocycles. The number of fused-ring (bicyclic) bond motifs is 1. The van der Waals surface area contributed by atoms with Crippen molar-refractivity contribution in [2.24, 2.45) is 10.1 Å². The molecule has 32 heavy (non-hydrogen) atoms. The molecule has 1 aliphatic heterocycles. The third-order valence-corrected chi connectivity index (χ3v) is 5.61. The van der Waals surface area contributed by atoms with Gasteiger partial charge in [-0.1, -0.05) is 23.7 Å². The van der Waals surface area contributed by atoms with Crippen LogP contribution >= 0.6 is 22.9 Å². The van der Waals surface area contributed by atoms with Gasteiger partial charge < -0.3 is 10.1 Å². The first-order valence-electron chi connectivity index (χ1n) is 9.33. The summed E-state index contributed by atoms with van der Waals surface area (Å²) < 4.78 is 7.05. The maximum absolute atomic E-state index is 11.7. The van der Waals surface area contributed by atoms with Crippen molar-refractivity contribution in [3.05, 3.63) is 79.9 Å².